The molecule has 2 heterocycles. The van der Waals surface area contributed by atoms with Crippen molar-refractivity contribution in [3.63, 3.8) is 0 Å². The molecule has 0 spiro atoms. The van der Waals surface area contributed by atoms with Gasteiger partial charge in [0.25, 0.3) is 5.91 Å². The summed E-state index contributed by atoms with van der Waals surface area (Å²) in [6.45, 7) is 7.01. The molecule has 6 heteroatoms. The topological polar surface area (TPSA) is 68.7 Å². The molecule has 6 rings (SSSR count). The molecule has 214 valence electrons. The summed E-state index contributed by atoms with van der Waals surface area (Å²) >= 11 is 0. The summed E-state index contributed by atoms with van der Waals surface area (Å²) in [5.74, 6) is 0.388. The Balaban J connectivity index is 1.39. The van der Waals surface area contributed by atoms with Gasteiger partial charge in [-0.3, -0.25) is 4.79 Å². The Hall–Kier alpha value is -4.45. The zero-order chi connectivity index (χ0) is 29.4. The van der Waals surface area contributed by atoms with Crippen LogP contribution in [0.25, 0.3) is 22.6 Å². The molecule has 6 nitrogen and oxygen atoms in total. The van der Waals surface area contributed by atoms with E-state index in [0.29, 0.717) is 18.5 Å². The highest BCUT2D eigenvalue weighted by molar-refractivity contribution is 6.07. The quantitative estimate of drug-likeness (QED) is 0.243. The molecule has 0 saturated heterocycles. The van der Waals surface area contributed by atoms with E-state index in [4.69, 9.17) is 14.5 Å². The summed E-state index contributed by atoms with van der Waals surface area (Å²) < 4.78 is 11.1. The summed E-state index contributed by atoms with van der Waals surface area (Å²) in [6, 6.07) is 23.5. The number of hydrogen-bond acceptors (Lipinski definition) is 5. The molecule has 3 aromatic carbocycles. The molecule has 0 N–H and O–H groups in total. The molecule has 1 aliphatic heterocycles. The molecule has 0 unspecified atom stereocenters. The van der Waals surface area contributed by atoms with Crippen molar-refractivity contribution in [3.8, 4) is 5.75 Å². The molecule has 1 aromatic heterocycles. The number of ether oxygens (including phenoxy) is 2. The number of rotatable bonds is 5. The summed E-state index contributed by atoms with van der Waals surface area (Å²) in [7, 11) is 1.66. The normalized spacial score (nSPS) is 17.2. The number of amides is 1. The number of aromatic nitrogens is 1. The van der Waals surface area contributed by atoms with Crippen LogP contribution < -0.4 is 9.64 Å². The van der Waals surface area contributed by atoms with E-state index >= 15 is 0 Å². The number of carbonyl (C=O) groups is 2. The number of anilines is 1. The van der Waals surface area contributed by atoms with E-state index in [0.717, 1.165) is 63.1 Å². The van der Waals surface area contributed by atoms with Gasteiger partial charge in [0.15, 0.2) is 6.61 Å². The van der Waals surface area contributed by atoms with Crippen LogP contribution in [0.15, 0.2) is 72.8 Å². The summed E-state index contributed by atoms with van der Waals surface area (Å²) in [4.78, 5) is 33.9. The van der Waals surface area contributed by atoms with Gasteiger partial charge in [-0.15, -0.1) is 0 Å². The number of carbonyl (C=O) groups excluding carboxylic acids is 2. The van der Waals surface area contributed by atoms with Gasteiger partial charge in [0.2, 0.25) is 0 Å². The van der Waals surface area contributed by atoms with Gasteiger partial charge in [-0.25, -0.2) is 9.78 Å². The van der Waals surface area contributed by atoms with Crippen LogP contribution in [0.1, 0.15) is 59.9 Å². The van der Waals surface area contributed by atoms with E-state index in [2.05, 4.69) is 26.8 Å². The van der Waals surface area contributed by atoms with Crippen molar-refractivity contribution in [2.75, 3.05) is 25.2 Å². The molecule has 0 fully saturated rings. The number of nitrogens with zero attached hydrogens (tertiary/aromatic N) is 2. The number of para-hydroxylation sites is 2. The first-order chi connectivity index (χ1) is 20.2. The van der Waals surface area contributed by atoms with Crippen LogP contribution in [-0.4, -0.2) is 37.1 Å². The Morgan fingerprint density at radius 2 is 1.71 bits per heavy atom. The van der Waals surface area contributed by atoms with E-state index in [1.54, 1.807) is 12.0 Å². The third kappa shape index (κ3) is 5.29. The zero-order valence-electron chi connectivity index (χ0n) is 24.6. The SMILES string of the molecule is COc1ccc(/C=C2/C[C@@H](C(C)(C)C)Cc3c2nc2ccccc2c3C(=O)OCC(=O)N2CCc3ccccc32)cc1. The van der Waals surface area contributed by atoms with Crippen LogP contribution in [0, 0.1) is 11.3 Å². The van der Waals surface area contributed by atoms with Gasteiger partial charge in [0.05, 0.1) is 23.9 Å². The molecule has 0 saturated carbocycles. The third-order valence-corrected chi connectivity index (χ3v) is 8.61. The summed E-state index contributed by atoms with van der Waals surface area (Å²) in [5, 5.41) is 0.749. The molecule has 42 heavy (non-hydrogen) atoms. The second-order valence-electron chi connectivity index (χ2n) is 12.2. The molecule has 1 atom stereocenters. The molecular weight excluding hydrogens is 524 g/mol. The molecular formula is C36H36N2O4. The van der Waals surface area contributed by atoms with Crippen molar-refractivity contribution in [2.24, 2.45) is 11.3 Å². The van der Waals surface area contributed by atoms with Crippen LogP contribution >= 0.6 is 0 Å². The molecule has 4 aromatic rings. The van der Waals surface area contributed by atoms with Crippen molar-refractivity contribution in [1.82, 2.24) is 4.98 Å². The maximum atomic E-state index is 13.9. The van der Waals surface area contributed by atoms with Crippen LogP contribution in [0.5, 0.6) is 5.75 Å². The predicted molar refractivity (Wildman–Crippen MR) is 167 cm³/mol. The first-order valence-electron chi connectivity index (χ1n) is 14.5. The van der Waals surface area contributed by atoms with Gasteiger partial charge in [-0.2, -0.15) is 0 Å². The highest BCUT2D eigenvalue weighted by Crippen LogP contribution is 2.45. The van der Waals surface area contributed by atoms with Gasteiger partial charge >= 0.3 is 5.97 Å². The molecule has 0 bridgehead atoms. The lowest BCUT2D eigenvalue weighted by Crippen LogP contribution is -2.33. The number of methoxy groups -OCH3 is 1. The maximum Gasteiger partial charge on any atom is 0.339 e. The number of esters is 1. The van der Waals surface area contributed by atoms with Crippen LogP contribution in [0.3, 0.4) is 0 Å². The lowest BCUT2D eigenvalue weighted by Gasteiger charge is -2.36. The largest absolute Gasteiger partial charge is 0.497 e. The summed E-state index contributed by atoms with van der Waals surface area (Å²) in [6.07, 6.45) is 4.51. The van der Waals surface area contributed by atoms with E-state index in [9.17, 15) is 9.59 Å². The van der Waals surface area contributed by atoms with Gasteiger partial charge in [0, 0.05) is 17.6 Å². The van der Waals surface area contributed by atoms with E-state index in [1.165, 1.54) is 0 Å². The Kier molecular flexibility index (Phi) is 7.31. The number of allylic oxidation sites excluding steroid dienone is 1. The van der Waals surface area contributed by atoms with Gasteiger partial charge in [0.1, 0.15) is 5.75 Å². The number of hydrogen-bond donors (Lipinski definition) is 0. The van der Waals surface area contributed by atoms with Crippen molar-refractivity contribution >= 4 is 40.1 Å². The first-order valence-corrected chi connectivity index (χ1v) is 14.5. The van der Waals surface area contributed by atoms with Crippen molar-refractivity contribution in [2.45, 2.75) is 40.0 Å². The Morgan fingerprint density at radius 3 is 2.48 bits per heavy atom. The molecule has 1 amide bonds. The van der Waals surface area contributed by atoms with Crippen LogP contribution in [0.4, 0.5) is 5.69 Å². The highest BCUT2D eigenvalue weighted by Gasteiger charge is 2.36. The standard InChI is InChI=1S/C36H36N2O4/c1-36(2,3)26-20-25(19-23-13-15-27(41-4)16-14-23)34-29(21-26)33(28-10-6-7-11-30(28)37-34)35(40)42-22-32(39)38-18-17-24-9-5-8-12-31(24)38/h5-16,19,26H,17-18,20-22H2,1-4H3/b25-19-/t26-/m1/s1. The Labute approximate surface area is 247 Å². The fourth-order valence-electron chi connectivity index (χ4n) is 6.15. The van der Waals surface area contributed by atoms with E-state index in [-0.39, 0.29) is 23.8 Å². The van der Waals surface area contributed by atoms with Gasteiger partial charge in [-0.1, -0.05) is 69.3 Å². The molecule has 2 aliphatic rings. The molecule has 1 aliphatic carbocycles. The fourth-order valence-corrected chi connectivity index (χ4v) is 6.15. The molecule has 0 radical (unpaired) electrons. The average molecular weight is 561 g/mol. The predicted octanol–water partition coefficient (Wildman–Crippen LogP) is 7.14. The van der Waals surface area contributed by atoms with Gasteiger partial charge < -0.3 is 14.4 Å². The first kappa shape index (κ1) is 27.7. The van der Waals surface area contributed by atoms with Gasteiger partial charge in [-0.05, 0) is 83.2 Å². The monoisotopic (exact) mass is 560 g/mol. The second kappa shape index (κ2) is 11.1. The van der Waals surface area contributed by atoms with Crippen molar-refractivity contribution in [3.05, 3.63) is 101 Å². The maximum absolute atomic E-state index is 13.9. The average Bonchev–Trinajstić information content (AvgIpc) is 3.43. The minimum atomic E-state index is -0.482. The number of benzene rings is 3. The lowest BCUT2D eigenvalue weighted by molar-refractivity contribution is -0.121. The zero-order valence-corrected chi connectivity index (χ0v) is 24.6. The summed E-state index contributed by atoms with van der Waals surface area (Å²) in [5.41, 5.74) is 7.14. The number of pyridine rings is 1. The van der Waals surface area contributed by atoms with Crippen LogP contribution in [-0.2, 0) is 22.4 Å². The smallest absolute Gasteiger partial charge is 0.339 e. The van der Waals surface area contributed by atoms with E-state index < -0.39 is 5.97 Å². The van der Waals surface area contributed by atoms with E-state index in [1.807, 2.05) is 72.8 Å². The highest BCUT2D eigenvalue weighted by atomic mass is 16.5. The van der Waals surface area contributed by atoms with Crippen molar-refractivity contribution < 1.29 is 19.1 Å². The minimum absolute atomic E-state index is 0.00260. The third-order valence-electron chi connectivity index (χ3n) is 8.61. The Morgan fingerprint density at radius 1 is 0.976 bits per heavy atom. The second-order valence-corrected chi connectivity index (χ2v) is 12.2. The fraction of sp³-hybridized carbons (Fsp3) is 0.306. The van der Waals surface area contributed by atoms with Crippen LogP contribution in [0.2, 0.25) is 0 Å². The van der Waals surface area contributed by atoms with Crippen molar-refractivity contribution in [1.29, 1.82) is 0 Å². The minimum Gasteiger partial charge on any atom is -0.497 e. The lowest BCUT2D eigenvalue weighted by atomic mass is 9.69. The Bertz CT molecular complexity index is 1700. The number of fused-ring (bicyclic) bond motifs is 3.